The molecule has 7 heteroatoms. The van der Waals surface area contributed by atoms with Crippen LogP contribution in [0.4, 0.5) is 0 Å². The standard InChI is InChI=1S/C17H26N4O.C12H17NO.C2H6/c1-12-6-4-5-9-21(11-12)15(17(19)20)10-14(18)13-7-2-3-8-16(13)22;1-10-3-2-4-12(9-10)14-11-5-7-13-8-6-11;1-2/h2-3,7-8,10,12,22H,4-6,9,11,18-20H2,1H3;2-4,9,11,13H,5-8H2,1H3;1-2H3/b14-10-;;. The van der Waals surface area contributed by atoms with E-state index in [0.717, 1.165) is 56.9 Å². The molecule has 0 aliphatic carbocycles. The molecule has 2 aromatic rings. The molecule has 0 bridgehead atoms. The van der Waals surface area contributed by atoms with Gasteiger partial charge in [0.1, 0.15) is 23.4 Å². The SMILES string of the molecule is CC.CC1CCCCN(C(/C=C(\N)c2ccccc2O)=C(N)N)C1.Cc1cccc(OC2CCNCC2)c1. The number of likely N-dealkylation sites (tertiary alicyclic amines) is 1. The molecular weight excluding hydrogens is 474 g/mol. The summed E-state index contributed by atoms with van der Waals surface area (Å²) in [6.07, 6.45) is 7.95. The van der Waals surface area contributed by atoms with Gasteiger partial charge in [0.05, 0.1) is 5.70 Å². The van der Waals surface area contributed by atoms with E-state index in [2.05, 4.69) is 36.2 Å². The van der Waals surface area contributed by atoms with Crippen molar-refractivity contribution in [2.75, 3.05) is 26.2 Å². The average molecular weight is 524 g/mol. The number of benzene rings is 2. The zero-order valence-corrected chi connectivity index (χ0v) is 23.7. The van der Waals surface area contributed by atoms with E-state index in [1.54, 1.807) is 24.3 Å². The minimum atomic E-state index is 0.149. The molecule has 38 heavy (non-hydrogen) atoms. The first-order valence-electron chi connectivity index (χ1n) is 14.0. The number of rotatable bonds is 5. The Morgan fingerprint density at radius 1 is 1.00 bits per heavy atom. The molecule has 2 aliphatic heterocycles. The fourth-order valence-corrected chi connectivity index (χ4v) is 4.67. The summed E-state index contributed by atoms with van der Waals surface area (Å²) in [4.78, 5) is 2.19. The predicted octanol–water partition coefficient (Wildman–Crippen LogP) is 5.05. The van der Waals surface area contributed by atoms with E-state index >= 15 is 0 Å². The van der Waals surface area contributed by atoms with Gasteiger partial charge in [-0.1, -0.05) is 51.5 Å². The third kappa shape index (κ3) is 10.2. The van der Waals surface area contributed by atoms with Crippen LogP contribution in [0.3, 0.4) is 0 Å². The summed E-state index contributed by atoms with van der Waals surface area (Å²) < 4.78 is 5.90. The van der Waals surface area contributed by atoms with Crippen molar-refractivity contribution in [1.82, 2.24) is 10.2 Å². The number of hydrogen-bond donors (Lipinski definition) is 5. The van der Waals surface area contributed by atoms with Crippen LogP contribution >= 0.6 is 0 Å². The van der Waals surface area contributed by atoms with Crippen LogP contribution in [0.15, 0.2) is 66.1 Å². The highest BCUT2D eigenvalue weighted by atomic mass is 16.5. The van der Waals surface area contributed by atoms with E-state index in [-0.39, 0.29) is 11.6 Å². The zero-order valence-electron chi connectivity index (χ0n) is 23.7. The Hall–Kier alpha value is -3.32. The van der Waals surface area contributed by atoms with Crippen molar-refractivity contribution < 1.29 is 9.84 Å². The van der Waals surface area contributed by atoms with Crippen molar-refractivity contribution >= 4 is 5.70 Å². The Morgan fingerprint density at radius 3 is 2.37 bits per heavy atom. The summed E-state index contributed by atoms with van der Waals surface area (Å²) in [5.74, 6) is 2.01. The number of ether oxygens (including phenoxy) is 1. The van der Waals surface area contributed by atoms with Crippen LogP contribution in [-0.2, 0) is 0 Å². The van der Waals surface area contributed by atoms with Crippen molar-refractivity contribution in [1.29, 1.82) is 0 Å². The largest absolute Gasteiger partial charge is 0.507 e. The van der Waals surface area contributed by atoms with E-state index in [1.165, 1.54) is 18.4 Å². The van der Waals surface area contributed by atoms with Gasteiger partial charge in [0.25, 0.3) is 0 Å². The van der Waals surface area contributed by atoms with Gasteiger partial charge in [-0.3, -0.25) is 0 Å². The van der Waals surface area contributed by atoms with Gasteiger partial charge in [-0.25, -0.2) is 0 Å². The van der Waals surface area contributed by atoms with Crippen molar-refractivity contribution in [3.63, 3.8) is 0 Å². The van der Waals surface area contributed by atoms with E-state index in [4.69, 9.17) is 21.9 Å². The normalized spacial score (nSPS) is 18.2. The van der Waals surface area contributed by atoms with Crippen LogP contribution in [0.25, 0.3) is 5.70 Å². The van der Waals surface area contributed by atoms with Crippen LogP contribution in [0.5, 0.6) is 11.5 Å². The Morgan fingerprint density at radius 2 is 1.71 bits per heavy atom. The highest BCUT2D eigenvalue weighted by molar-refractivity contribution is 5.69. The quantitative estimate of drug-likeness (QED) is 0.347. The minimum absolute atomic E-state index is 0.149. The number of aryl methyl sites for hydroxylation is 1. The number of hydrogen-bond acceptors (Lipinski definition) is 7. The highest BCUT2D eigenvalue weighted by Gasteiger charge is 2.18. The lowest BCUT2D eigenvalue weighted by atomic mass is 10.1. The third-order valence-electron chi connectivity index (χ3n) is 6.63. The smallest absolute Gasteiger partial charge is 0.124 e. The maximum atomic E-state index is 9.92. The second-order valence-corrected chi connectivity index (χ2v) is 9.89. The van der Waals surface area contributed by atoms with Crippen LogP contribution in [0.2, 0.25) is 0 Å². The Kier molecular flexibility index (Phi) is 13.4. The van der Waals surface area contributed by atoms with Gasteiger partial charge in [-0.05, 0) is 87.5 Å². The van der Waals surface area contributed by atoms with Crippen LogP contribution in [0.1, 0.15) is 64.0 Å². The number of phenols is 1. The van der Waals surface area contributed by atoms with Gasteiger partial charge in [0, 0.05) is 24.4 Å². The lowest BCUT2D eigenvalue weighted by Gasteiger charge is -2.27. The second kappa shape index (κ2) is 16.5. The fraction of sp³-hybridized carbons (Fsp3) is 0.484. The monoisotopic (exact) mass is 523 g/mol. The number of nitrogens with two attached hydrogens (primary N) is 3. The third-order valence-corrected chi connectivity index (χ3v) is 6.63. The zero-order chi connectivity index (χ0) is 27.9. The average Bonchev–Trinajstić information content (AvgIpc) is 3.13. The number of para-hydroxylation sites is 1. The molecule has 210 valence electrons. The second-order valence-electron chi connectivity index (χ2n) is 9.89. The number of piperidine rings is 1. The topological polar surface area (TPSA) is 123 Å². The minimum Gasteiger partial charge on any atom is -0.507 e. The molecule has 2 saturated heterocycles. The number of aromatic hydroxyl groups is 1. The molecule has 2 aromatic carbocycles. The Bertz CT molecular complexity index is 1030. The molecule has 8 N–H and O–H groups in total. The van der Waals surface area contributed by atoms with Gasteiger partial charge >= 0.3 is 0 Å². The molecular formula is C31H49N5O2. The van der Waals surface area contributed by atoms with Crippen molar-refractivity contribution in [2.24, 2.45) is 23.1 Å². The predicted molar refractivity (Wildman–Crippen MR) is 159 cm³/mol. The van der Waals surface area contributed by atoms with E-state index in [1.807, 2.05) is 32.0 Å². The van der Waals surface area contributed by atoms with Crippen molar-refractivity contribution in [2.45, 2.75) is 65.9 Å². The molecule has 2 fully saturated rings. The number of nitrogens with zero attached hydrogens (tertiary/aromatic N) is 1. The van der Waals surface area contributed by atoms with E-state index in [9.17, 15) is 5.11 Å². The molecule has 0 radical (unpaired) electrons. The first kappa shape index (κ1) is 30.9. The van der Waals surface area contributed by atoms with Gasteiger partial charge in [-0.15, -0.1) is 0 Å². The lowest BCUT2D eigenvalue weighted by Crippen LogP contribution is -2.34. The number of allylic oxidation sites excluding steroid dienone is 1. The summed E-state index contributed by atoms with van der Waals surface area (Å²) >= 11 is 0. The summed E-state index contributed by atoms with van der Waals surface area (Å²) in [6, 6.07) is 15.3. The molecule has 7 nitrogen and oxygen atoms in total. The number of nitrogens with one attached hydrogen (secondary N) is 1. The Balaban J connectivity index is 0.000000272. The summed E-state index contributed by atoms with van der Waals surface area (Å²) in [6.45, 7) is 12.3. The molecule has 2 aliphatic rings. The molecule has 1 atom stereocenters. The van der Waals surface area contributed by atoms with Gasteiger partial charge in [-0.2, -0.15) is 0 Å². The molecule has 1 unspecified atom stereocenters. The summed E-state index contributed by atoms with van der Waals surface area (Å²) in [5.41, 5.74) is 21.0. The van der Waals surface area contributed by atoms with Crippen LogP contribution < -0.4 is 27.3 Å². The number of phenolic OH excluding ortho intramolecular Hbond substituents is 1. The summed E-state index contributed by atoms with van der Waals surface area (Å²) in [5, 5.41) is 13.2. The van der Waals surface area contributed by atoms with Gasteiger partial charge in [0.2, 0.25) is 0 Å². The molecule has 4 rings (SSSR count). The molecule has 0 aromatic heterocycles. The van der Waals surface area contributed by atoms with Crippen LogP contribution in [0, 0.1) is 12.8 Å². The van der Waals surface area contributed by atoms with E-state index in [0.29, 0.717) is 23.3 Å². The first-order valence-corrected chi connectivity index (χ1v) is 14.0. The van der Waals surface area contributed by atoms with Gasteiger partial charge < -0.3 is 37.3 Å². The van der Waals surface area contributed by atoms with Crippen LogP contribution in [-0.4, -0.2) is 42.3 Å². The maximum absolute atomic E-state index is 9.92. The molecule has 0 spiro atoms. The molecule has 0 saturated carbocycles. The molecule has 2 heterocycles. The molecule has 0 amide bonds. The van der Waals surface area contributed by atoms with Gasteiger partial charge in [0.15, 0.2) is 0 Å². The Labute approximate surface area is 229 Å². The fourth-order valence-electron chi connectivity index (χ4n) is 4.67. The first-order chi connectivity index (χ1) is 18.3. The van der Waals surface area contributed by atoms with E-state index < -0.39 is 0 Å². The van der Waals surface area contributed by atoms with Crippen molar-refractivity contribution in [3.05, 3.63) is 77.3 Å². The lowest BCUT2D eigenvalue weighted by molar-refractivity contribution is 0.162. The highest BCUT2D eigenvalue weighted by Crippen LogP contribution is 2.25. The van der Waals surface area contributed by atoms with Crippen molar-refractivity contribution in [3.8, 4) is 11.5 Å². The maximum Gasteiger partial charge on any atom is 0.124 e. The summed E-state index contributed by atoms with van der Waals surface area (Å²) in [7, 11) is 0.